The van der Waals surface area contributed by atoms with Crippen LogP contribution in [0.25, 0.3) is 5.65 Å². The molecular weight excluding hydrogens is 437 g/mol. The molecular formula is C21H18FN5O4S. The zero-order valence-electron chi connectivity index (χ0n) is 17.1. The van der Waals surface area contributed by atoms with Gasteiger partial charge in [0, 0.05) is 28.8 Å². The Bertz CT molecular complexity index is 1330. The number of methoxy groups -OCH3 is 2. The molecule has 9 nitrogen and oxygen atoms in total. The first-order valence-corrected chi connectivity index (χ1v) is 10.2. The molecule has 32 heavy (non-hydrogen) atoms. The SMILES string of the molecule is COc1cc(NC(=O)Cn2nc3ccc(Sc4cccc(F)c4)nn3c2=O)cc(OC)c1. The van der Waals surface area contributed by atoms with Gasteiger partial charge < -0.3 is 14.8 Å². The molecule has 0 aliphatic heterocycles. The van der Waals surface area contributed by atoms with E-state index in [1.165, 1.54) is 38.1 Å². The van der Waals surface area contributed by atoms with E-state index in [0.717, 1.165) is 9.20 Å². The maximum Gasteiger partial charge on any atom is 0.367 e. The Morgan fingerprint density at radius 2 is 1.81 bits per heavy atom. The molecule has 11 heteroatoms. The van der Waals surface area contributed by atoms with Crippen LogP contribution < -0.4 is 20.5 Å². The molecule has 0 fully saturated rings. The molecule has 4 aromatic rings. The van der Waals surface area contributed by atoms with E-state index in [1.54, 1.807) is 42.5 Å². The fraction of sp³-hybridized carbons (Fsp3) is 0.143. The minimum Gasteiger partial charge on any atom is -0.497 e. The van der Waals surface area contributed by atoms with Crippen LogP contribution in [0.3, 0.4) is 0 Å². The third-order valence-corrected chi connectivity index (χ3v) is 5.28. The van der Waals surface area contributed by atoms with E-state index in [-0.39, 0.29) is 18.0 Å². The molecule has 2 aromatic heterocycles. The van der Waals surface area contributed by atoms with Crippen LogP contribution in [0.15, 0.2) is 69.3 Å². The molecule has 2 heterocycles. The van der Waals surface area contributed by atoms with E-state index in [4.69, 9.17) is 9.47 Å². The highest BCUT2D eigenvalue weighted by atomic mass is 32.2. The number of hydrogen-bond acceptors (Lipinski definition) is 7. The van der Waals surface area contributed by atoms with Crippen LogP contribution in [0.1, 0.15) is 0 Å². The molecule has 0 atom stereocenters. The van der Waals surface area contributed by atoms with Crippen molar-refractivity contribution >= 4 is 29.0 Å². The fourth-order valence-electron chi connectivity index (χ4n) is 2.92. The Labute approximate surface area is 185 Å². The van der Waals surface area contributed by atoms with E-state index in [9.17, 15) is 14.0 Å². The maximum absolute atomic E-state index is 13.4. The van der Waals surface area contributed by atoms with Gasteiger partial charge in [0.05, 0.1) is 14.2 Å². The summed E-state index contributed by atoms with van der Waals surface area (Å²) in [4.78, 5) is 25.8. The average molecular weight is 455 g/mol. The number of ether oxygens (including phenoxy) is 2. The second-order valence-corrected chi connectivity index (χ2v) is 7.68. The Balaban J connectivity index is 1.53. The second-order valence-electron chi connectivity index (χ2n) is 6.59. The molecule has 0 spiro atoms. The summed E-state index contributed by atoms with van der Waals surface area (Å²) in [5.74, 6) is 0.204. The number of nitrogens with zero attached hydrogens (tertiary/aromatic N) is 4. The van der Waals surface area contributed by atoms with Gasteiger partial charge in [-0.2, -0.15) is 9.61 Å². The molecule has 2 aromatic carbocycles. The van der Waals surface area contributed by atoms with Crippen molar-refractivity contribution in [1.29, 1.82) is 0 Å². The van der Waals surface area contributed by atoms with Crippen LogP contribution >= 0.6 is 11.8 Å². The van der Waals surface area contributed by atoms with Crippen LogP contribution in [0.4, 0.5) is 10.1 Å². The lowest BCUT2D eigenvalue weighted by Gasteiger charge is -2.09. The van der Waals surface area contributed by atoms with Crippen molar-refractivity contribution in [2.24, 2.45) is 0 Å². The Morgan fingerprint density at radius 1 is 1.06 bits per heavy atom. The second kappa shape index (κ2) is 9.10. The van der Waals surface area contributed by atoms with Gasteiger partial charge in [-0.05, 0) is 30.3 Å². The van der Waals surface area contributed by atoms with Crippen molar-refractivity contribution in [2.75, 3.05) is 19.5 Å². The summed E-state index contributed by atoms with van der Waals surface area (Å²) >= 11 is 1.21. The molecule has 0 radical (unpaired) electrons. The highest BCUT2D eigenvalue weighted by molar-refractivity contribution is 7.99. The number of fused-ring (bicyclic) bond motifs is 1. The summed E-state index contributed by atoms with van der Waals surface area (Å²) in [6.45, 7) is -0.311. The first kappa shape index (κ1) is 21.4. The minimum absolute atomic E-state index is 0.287. The molecule has 0 saturated carbocycles. The van der Waals surface area contributed by atoms with Gasteiger partial charge in [-0.15, -0.1) is 5.10 Å². The average Bonchev–Trinajstić information content (AvgIpc) is 3.08. The van der Waals surface area contributed by atoms with Gasteiger partial charge in [0.1, 0.15) is 28.9 Å². The highest BCUT2D eigenvalue weighted by Gasteiger charge is 2.14. The highest BCUT2D eigenvalue weighted by Crippen LogP contribution is 2.27. The van der Waals surface area contributed by atoms with Crippen molar-refractivity contribution in [3.63, 3.8) is 0 Å². The smallest absolute Gasteiger partial charge is 0.367 e. The predicted molar refractivity (Wildman–Crippen MR) is 116 cm³/mol. The minimum atomic E-state index is -0.569. The number of hydrogen-bond donors (Lipinski definition) is 1. The van der Waals surface area contributed by atoms with Crippen LogP contribution in [0.2, 0.25) is 0 Å². The van der Waals surface area contributed by atoms with E-state index in [2.05, 4.69) is 15.5 Å². The zero-order valence-corrected chi connectivity index (χ0v) is 17.9. The fourth-order valence-corrected chi connectivity index (χ4v) is 3.73. The van der Waals surface area contributed by atoms with Gasteiger partial charge in [0.25, 0.3) is 0 Å². The van der Waals surface area contributed by atoms with Crippen molar-refractivity contribution in [3.8, 4) is 11.5 Å². The monoisotopic (exact) mass is 455 g/mol. The Kier molecular flexibility index (Phi) is 6.08. The molecule has 0 unspecified atom stereocenters. The largest absolute Gasteiger partial charge is 0.497 e. The summed E-state index contributed by atoms with van der Waals surface area (Å²) in [5, 5.41) is 11.6. The normalized spacial score (nSPS) is 10.8. The van der Waals surface area contributed by atoms with E-state index < -0.39 is 11.6 Å². The third-order valence-electron chi connectivity index (χ3n) is 4.36. The molecule has 164 valence electrons. The molecule has 0 aliphatic rings. The number of halogens is 1. The molecule has 0 aliphatic carbocycles. The molecule has 4 rings (SSSR count). The Hall–Kier alpha value is -3.86. The standard InChI is InChI=1S/C21H18FN5O4S/c1-30-15-9-14(10-16(11-15)31-2)23-19(28)12-26-21(29)27-18(24-26)6-7-20(25-27)32-17-5-3-4-13(22)8-17/h3-11H,12H2,1-2H3,(H,23,28). The lowest BCUT2D eigenvalue weighted by molar-refractivity contribution is -0.117. The summed E-state index contributed by atoms with van der Waals surface area (Å²) in [5.41, 5.74) is 0.171. The summed E-state index contributed by atoms with van der Waals surface area (Å²) in [7, 11) is 3.01. The molecule has 0 saturated heterocycles. The van der Waals surface area contributed by atoms with Crippen LogP contribution in [0, 0.1) is 5.82 Å². The summed E-state index contributed by atoms with van der Waals surface area (Å²) < 4.78 is 25.9. The first-order chi connectivity index (χ1) is 15.4. The van der Waals surface area contributed by atoms with Crippen molar-refractivity contribution in [3.05, 3.63) is 70.9 Å². The molecule has 1 amide bonds. The van der Waals surface area contributed by atoms with E-state index >= 15 is 0 Å². The zero-order chi connectivity index (χ0) is 22.7. The van der Waals surface area contributed by atoms with Gasteiger partial charge in [-0.25, -0.2) is 13.9 Å². The number of rotatable bonds is 7. The van der Waals surface area contributed by atoms with E-state index in [1.807, 2.05) is 0 Å². The van der Waals surface area contributed by atoms with Crippen molar-refractivity contribution in [2.45, 2.75) is 16.5 Å². The first-order valence-electron chi connectivity index (χ1n) is 9.38. The van der Waals surface area contributed by atoms with Gasteiger partial charge in [0.2, 0.25) is 5.91 Å². The summed E-state index contributed by atoms with van der Waals surface area (Å²) in [6.07, 6.45) is 0. The number of nitrogens with one attached hydrogen (secondary N) is 1. The molecule has 0 bridgehead atoms. The number of carbonyl (C=O) groups excluding carboxylic acids is 1. The Morgan fingerprint density at radius 3 is 2.50 bits per heavy atom. The van der Waals surface area contributed by atoms with Gasteiger partial charge in [-0.3, -0.25) is 4.79 Å². The van der Waals surface area contributed by atoms with Crippen LogP contribution in [-0.4, -0.2) is 39.5 Å². The van der Waals surface area contributed by atoms with Gasteiger partial charge >= 0.3 is 5.69 Å². The maximum atomic E-state index is 13.4. The topological polar surface area (TPSA) is 99.7 Å². The van der Waals surface area contributed by atoms with Crippen LogP contribution in [-0.2, 0) is 11.3 Å². The van der Waals surface area contributed by atoms with Crippen molar-refractivity contribution in [1.82, 2.24) is 19.4 Å². The van der Waals surface area contributed by atoms with Gasteiger partial charge in [-0.1, -0.05) is 17.8 Å². The number of benzene rings is 2. The number of amides is 1. The number of carbonyl (C=O) groups is 1. The number of anilines is 1. The predicted octanol–water partition coefficient (Wildman–Crippen LogP) is 2.84. The number of aromatic nitrogens is 4. The lowest BCUT2D eigenvalue weighted by atomic mass is 10.2. The third kappa shape index (κ3) is 4.72. The van der Waals surface area contributed by atoms with Crippen LogP contribution in [0.5, 0.6) is 11.5 Å². The van der Waals surface area contributed by atoms with Crippen molar-refractivity contribution < 1.29 is 18.7 Å². The molecule has 1 N–H and O–H groups in total. The van der Waals surface area contributed by atoms with Gasteiger partial charge in [0.15, 0.2) is 5.65 Å². The van der Waals surface area contributed by atoms with E-state index in [0.29, 0.717) is 27.1 Å². The lowest BCUT2D eigenvalue weighted by Crippen LogP contribution is -2.28. The quantitative estimate of drug-likeness (QED) is 0.457. The summed E-state index contributed by atoms with van der Waals surface area (Å²) in [6, 6.07) is 14.3.